The van der Waals surface area contributed by atoms with Crippen LogP contribution in [-0.4, -0.2) is 31.4 Å². The summed E-state index contributed by atoms with van der Waals surface area (Å²) in [6, 6.07) is 8.72. The Morgan fingerprint density at radius 2 is 1.93 bits per heavy atom. The molecule has 0 aliphatic rings. The van der Waals surface area contributed by atoms with E-state index in [1.807, 2.05) is 35.9 Å². The van der Waals surface area contributed by atoms with E-state index in [9.17, 15) is 8.78 Å². The van der Waals surface area contributed by atoms with Crippen LogP contribution in [0.1, 0.15) is 5.69 Å². The van der Waals surface area contributed by atoms with E-state index in [-0.39, 0.29) is 11.6 Å². The highest BCUT2D eigenvalue weighted by Gasteiger charge is 2.15. The van der Waals surface area contributed by atoms with Crippen LogP contribution in [0, 0.1) is 18.6 Å². The molecule has 0 fully saturated rings. The summed E-state index contributed by atoms with van der Waals surface area (Å²) in [5, 5.41) is 7.13. The van der Waals surface area contributed by atoms with Crippen molar-refractivity contribution < 1.29 is 13.5 Å². The molecule has 148 valence electrons. The Balaban J connectivity index is 1.67. The van der Waals surface area contributed by atoms with Gasteiger partial charge in [-0.25, -0.2) is 18.4 Å². The van der Waals surface area contributed by atoms with Gasteiger partial charge in [0.25, 0.3) is 0 Å². The molecule has 0 atom stereocenters. The van der Waals surface area contributed by atoms with Crippen LogP contribution >= 0.6 is 0 Å². The Kier molecular flexibility index (Phi) is 4.71. The van der Waals surface area contributed by atoms with E-state index in [1.165, 1.54) is 4.68 Å². The first kappa shape index (κ1) is 18.6. The molecule has 0 amide bonds. The summed E-state index contributed by atoms with van der Waals surface area (Å²) in [5.41, 5.74) is 2.41. The molecule has 2 heterocycles. The summed E-state index contributed by atoms with van der Waals surface area (Å²) >= 11 is 0. The number of nitrogens with one attached hydrogen (secondary N) is 1. The zero-order valence-electron chi connectivity index (χ0n) is 16.0. The van der Waals surface area contributed by atoms with E-state index in [4.69, 9.17) is 4.74 Å². The number of benzene rings is 2. The minimum absolute atomic E-state index is 0.0181. The van der Waals surface area contributed by atoms with Gasteiger partial charge in [-0.05, 0) is 37.3 Å². The predicted molar refractivity (Wildman–Crippen MR) is 104 cm³/mol. The number of hydrogen-bond donors (Lipinski definition) is 1. The molecule has 4 rings (SSSR count). The van der Waals surface area contributed by atoms with Crippen LogP contribution in [0.4, 0.5) is 20.4 Å². The van der Waals surface area contributed by atoms with Crippen molar-refractivity contribution in [2.75, 3.05) is 12.4 Å². The molecule has 29 heavy (non-hydrogen) atoms. The van der Waals surface area contributed by atoms with Crippen molar-refractivity contribution in [3.05, 3.63) is 66.3 Å². The van der Waals surface area contributed by atoms with Crippen LogP contribution < -0.4 is 10.1 Å². The van der Waals surface area contributed by atoms with Crippen LogP contribution in [0.25, 0.3) is 17.1 Å². The zero-order valence-corrected chi connectivity index (χ0v) is 16.0. The summed E-state index contributed by atoms with van der Waals surface area (Å²) in [4.78, 5) is 8.64. The van der Waals surface area contributed by atoms with E-state index in [1.54, 1.807) is 20.5 Å². The molecular formula is C20H18F2N6O. The number of aromatic nitrogens is 5. The number of halogens is 2. The average molecular weight is 396 g/mol. The third-order valence-corrected chi connectivity index (χ3v) is 4.37. The minimum Gasteiger partial charge on any atom is -0.495 e. The van der Waals surface area contributed by atoms with Gasteiger partial charge >= 0.3 is 0 Å². The molecule has 0 saturated carbocycles. The maximum absolute atomic E-state index is 13.9. The lowest BCUT2D eigenvalue weighted by Crippen LogP contribution is -2.02. The first-order valence-corrected chi connectivity index (χ1v) is 8.77. The first-order valence-electron chi connectivity index (χ1n) is 8.77. The summed E-state index contributed by atoms with van der Waals surface area (Å²) in [6.45, 7) is 1.91. The molecule has 7 nitrogen and oxygen atoms in total. The van der Waals surface area contributed by atoms with E-state index in [0.717, 1.165) is 29.6 Å². The fraction of sp³-hybridized carbons (Fsp3) is 0.150. The third-order valence-electron chi connectivity index (χ3n) is 4.37. The Morgan fingerprint density at radius 1 is 1.10 bits per heavy atom. The van der Waals surface area contributed by atoms with Crippen molar-refractivity contribution in [3.63, 3.8) is 0 Å². The van der Waals surface area contributed by atoms with Crippen molar-refractivity contribution >= 4 is 11.6 Å². The Bertz CT molecular complexity index is 1180. The quantitative estimate of drug-likeness (QED) is 0.552. The van der Waals surface area contributed by atoms with Crippen LogP contribution in [0.5, 0.6) is 5.75 Å². The van der Waals surface area contributed by atoms with Gasteiger partial charge in [-0.15, -0.1) is 5.10 Å². The SMILES string of the molecule is COc1cc(-c2nc(Nc3cc(F)ccc3F)n(C)n2)ccc1-n1cnc(C)c1. The number of nitrogens with zero attached hydrogens (tertiary/aromatic N) is 5. The average Bonchev–Trinajstić information content (AvgIpc) is 3.30. The van der Waals surface area contributed by atoms with Crippen molar-refractivity contribution in [1.82, 2.24) is 24.3 Å². The second-order valence-corrected chi connectivity index (χ2v) is 6.44. The monoisotopic (exact) mass is 396 g/mol. The first-order chi connectivity index (χ1) is 13.9. The number of imidazole rings is 1. The molecule has 0 bridgehead atoms. The molecule has 0 unspecified atom stereocenters. The smallest absolute Gasteiger partial charge is 0.226 e. The normalized spacial score (nSPS) is 10.9. The van der Waals surface area contributed by atoms with E-state index >= 15 is 0 Å². The molecule has 0 aliphatic carbocycles. The highest BCUT2D eigenvalue weighted by molar-refractivity contribution is 5.65. The van der Waals surface area contributed by atoms with Gasteiger partial charge in [0.05, 0.1) is 30.5 Å². The number of aryl methyl sites for hydroxylation is 2. The van der Waals surface area contributed by atoms with Gasteiger partial charge in [0.1, 0.15) is 17.4 Å². The zero-order chi connectivity index (χ0) is 20.5. The Hall–Kier alpha value is -3.75. The molecule has 2 aromatic heterocycles. The summed E-state index contributed by atoms with van der Waals surface area (Å²) in [7, 11) is 3.24. The third kappa shape index (κ3) is 3.66. The fourth-order valence-electron chi connectivity index (χ4n) is 2.91. The molecule has 0 saturated heterocycles. The molecular weight excluding hydrogens is 378 g/mol. The fourth-order valence-corrected chi connectivity index (χ4v) is 2.91. The van der Waals surface area contributed by atoms with Gasteiger partial charge in [0.15, 0.2) is 5.82 Å². The highest BCUT2D eigenvalue weighted by atomic mass is 19.1. The maximum atomic E-state index is 13.9. The number of methoxy groups -OCH3 is 1. The lowest BCUT2D eigenvalue weighted by molar-refractivity contribution is 0.413. The molecule has 0 radical (unpaired) electrons. The number of ether oxygens (including phenoxy) is 1. The second kappa shape index (κ2) is 7.34. The van der Waals surface area contributed by atoms with Gasteiger partial charge in [-0.2, -0.15) is 4.98 Å². The van der Waals surface area contributed by atoms with Gasteiger partial charge < -0.3 is 14.6 Å². The Morgan fingerprint density at radius 3 is 2.66 bits per heavy atom. The number of hydrogen-bond acceptors (Lipinski definition) is 5. The number of anilines is 2. The highest BCUT2D eigenvalue weighted by Crippen LogP contribution is 2.29. The molecule has 0 aliphatic heterocycles. The summed E-state index contributed by atoms with van der Waals surface area (Å²) in [6.07, 6.45) is 3.60. The van der Waals surface area contributed by atoms with Gasteiger partial charge in [0, 0.05) is 24.9 Å². The van der Waals surface area contributed by atoms with Crippen molar-refractivity contribution in [3.8, 4) is 22.8 Å². The van der Waals surface area contributed by atoms with Crippen LogP contribution in [0.2, 0.25) is 0 Å². The Labute approximate surface area is 165 Å². The second-order valence-electron chi connectivity index (χ2n) is 6.44. The van der Waals surface area contributed by atoms with Gasteiger partial charge in [-0.1, -0.05) is 0 Å². The van der Waals surface area contributed by atoms with E-state index < -0.39 is 11.6 Å². The van der Waals surface area contributed by atoms with Gasteiger partial charge in [0.2, 0.25) is 5.95 Å². The van der Waals surface area contributed by atoms with Crippen molar-refractivity contribution in [1.29, 1.82) is 0 Å². The van der Waals surface area contributed by atoms with E-state index in [2.05, 4.69) is 20.4 Å². The number of rotatable bonds is 5. The minimum atomic E-state index is -0.586. The molecule has 2 aromatic carbocycles. The summed E-state index contributed by atoms with van der Waals surface area (Å²) < 4.78 is 36.2. The standard InChI is InChI=1S/C20H18F2N6O/c1-12-10-28(11-23-12)17-7-4-13(8-18(17)29-3)19-25-20(27(2)26-19)24-16-9-14(21)5-6-15(16)22/h4-11H,1-3H3,(H,24,25,26). The maximum Gasteiger partial charge on any atom is 0.226 e. The lowest BCUT2D eigenvalue weighted by atomic mass is 10.1. The molecule has 0 spiro atoms. The molecule has 9 heteroatoms. The van der Waals surface area contributed by atoms with Crippen LogP contribution in [0.15, 0.2) is 48.9 Å². The largest absolute Gasteiger partial charge is 0.495 e. The summed E-state index contributed by atoms with van der Waals surface area (Å²) in [5.74, 6) is 0.179. The van der Waals surface area contributed by atoms with Crippen molar-refractivity contribution in [2.45, 2.75) is 6.92 Å². The van der Waals surface area contributed by atoms with Gasteiger partial charge in [-0.3, -0.25) is 0 Å². The molecule has 4 aromatic rings. The van der Waals surface area contributed by atoms with Crippen LogP contribution in [0.3, 0.4) is 0 Å². The molecule has 1 N–H and O–H groups in total. The topological polar surface area (TPSA) is 69.8 Å². The van der Waals surface area contributed by atoms with Crippen molar-refractivity contribution in [2.24, 2.45) is 7.05 Å². The lowest BCUT2D eigenvalue weighted by Gasteiger charge is -2.10. The van der Waals surface area contributed by atoms with Crippen LogP contribution in [-0.2, 0) is 7.05 Å². The van der Waals surface area contributed by atoms with E-state index in [0.29, 0.717) is 17.1 Å². The predicted octanol–water partition coefficient (Wildman–Crippen LogP) is 4.01.